The molecule has 51 heavy (non-hydrogen) atoms. The molecular weight excluding hydrogens is 743 g/mol. The molecule has 0 saturated heterocycles. The fraction of sp³-hybridized carbons (Fsp3) is 0.439. The van der Waals surface area contributed by atoms with Crippen molar-refractivity contribution in [3.63, 3.8) is 0 Å². The number of aliphatic hydroxyl groups excluding tert-OH is 1. The van der Waals surface area contributed by atoms with E-state index in [9.17, 15) is 15.6 Å². The van der Waals surface area contributed by atoms with Gasteiger partial charge in [-0.05, 0) is 55.8 Å². The SMILES string of the molecule is Br.CC1(C)C(/C=C2C(O)=C(/C=C3\N(CCC[N+](C)(C)C)c4ccc(Cl)cc4C3(C)C)C\2=C(C#N)C#N)=[N+](CCC[N+](C)(C)C)c2ccc(Cl)cc21. The van der Waals surface area contributed by atoms with Crippen LogP contribution in [0.15, 0.2) is 82.3 Å². The molecule has 0 fully saturated rings. The molecule has 0 spiro atoms. The third-order valence-electron chi connectivity index (χ3n) is 10.2. The van der Waals surface area contributed by atoms with Gasteiger partial charge in [0.05, 0.1) is 67.2 Å². The zero-order valence-electron chi connectivity index (χ0n) is 31.7. The fourth-order valence-corrected chi connectivity index (χ4v) is 7.87. The summed E-state index contributed by atoms with van der Waals surface area (Å²) in [5, 5.41) is 33.7. The summed E-state index contributed by atoms with van der Waals surface area (Å²) in [6.07, 6.45) is 5.85. The minimum absolute atomic E-state index is 0. The Morgan fingerprint density at radius 3 is 2.00 bits per heavy atom. The van der Waals surface area contributed by atoms with E-state index >= 15 is 0 Å². The third-order valence-corrected chi connectivity index (χ3v) is 10.7. The Morgan fingerprint density at radius 2 is 1.41 bits per heavy atom. The van der Waals surface area contributed by atoms with Crippen LogP contribution < -0.4 is 4.90 Å². The van der Waals surface area contributed by atoms with Gasteiger partial charge in [-0.15, -0.1) is 17.0 Å². The second kappa shape index (κ2) is 14.6. The highest BCUT2D eigenvalue weighted by atomic mass is 79.9. The maximum Gasteiger partial charge on any atom is 0.209 e. The highest BCUT2D eigenvalue weighted by Crippen LogP contribution is 2.52. The van der Waals surface area contributed by atoms with Crippen molar-refractivity contribution in [1.29, 1.82) is 10.5 Å². The first-order valence-corrected chi connectivity index (χ1v) is 18.0. The van der Waals surface area contributed by atoms with Crippen LogP contribution in [-0.4, -0.2) is 92.8 Å². The van der Waals surface area contributed by atoms with E-state index in [2.05, 4.69) is 104 Å². The molecule has 0 radical (unpaired) electrons. The van der Waals surface area contributed by atoms with Crippen molar-refractivity contribution in [3.8, 4) is 12.1 Å². The van der Waals surface area contributed by atoms with E-state index in [1.807, 2.05) is 36.4 Å². The molecule has 3 aliphatic rings. The lowest BCUT2D eigenvalue weighted by atomic mass is 9.74. The van der Waals surface area contributed by atoms with Gasteiger partial charge in [-0.25, -0.2) is 0 Å². The van der Waals surface area contributed by atoms with Crippen molar-refractivity contribution in [2.45, 2.75) is 51.4 Å². The van der Waals surface area contributed by atoms with Gasteiger partial charge < -0.3 is 19.0 Å². The van der Waals surface area contributed by atoms with Crippen LogP contribution in [0.4, 0.5) is 11.4 Å². The van der Waals surface area contributed by atoms with Gasteiger partial charge >= 0.3 is 0 Å². The van der Waals surface area contributed by atoms with E-state index in [0.29, 0.717) is 26.8 Å². The number of aliphatic hydroxyl groups is 1. The summed E-state index contributed by atoms with van der Waals surface area (Å²) in [4.78, 5) is 2.31. The zero-order chi connectivity index (χ0) is 37.0. The summed E-state index contributed by atoms with van der Waals surface area (Å²) >= 11 is 13.0. The number of quaternary nitrogens is 2. The monoisotopic (exact) mass is 793 g/mol. The Kier molecular flexibility index (Phi) is 11.5. The number of hydrogen-bond donors (Lipinski definition) is 1. The van der Waals surface area contributed by atoms with Crippen LogP contribution in [0.5, 0.6) is 0 Å². The summed E-state index contributed by atoms with van der Waals surface area (Å²) in [5.74, 6) is 0.0789. The van der Waals surface area contributed by atoms with Crippen LogP contribution in [0.1, 0.15) is 51.7 Å². The largest absolute Gasteiger partial charge is 0.507 e. The highest BCUT2D eigenvalue weighted by Gasteiger charge is 2.47. The average molecular weight is 796 g/mol. The minimum atomic E-state index is -0.445. The van der Waals surface area contributed by atoms with Crippen molar-refractivity contribution < 1.29 is 18.6 Å². The van der Waals surface area contributed by atoms with Crippen LogP contribution >= 0.6 is 40.2 Å². The smallest absolute Gasteiger partial charge is 0.209 e. The second-order valence-corrected chi connectivity index (χ2v) is 17.7. The van der Waals surface area contributed by atoms with Crippen molar-refractivity contribution in [2.24, 2.45) is 0 Å². The number of allylic oxidation sites excluding steroid dienone is 6. The summed E-state index contributed by atoms with van der Waals surface area (Å²) in [7, 11) is 13.1. The van der Waals surface area contributed by atoms with Gasteiger partial charge in [-0.1, -0.05) is 37.0 Å². The molecule has 270 valence electrons. The standard InChI is InChI=1S/C41H50Cl2N6O.BrH/c1-40(2)32-21-28(42)13-15-34(32)46(17-11-19-48(5,6)7)36(40)23-30-38(27(25-44)26-45)31(39(30)50)24-37-41(3,4)33-22-29(43)14-16-35(33)47(37)18-12-20-49(8,9)10;/h13-16,21-24H,11-12,17-20H2,1-10H3;1H/q+2;/p+1. The first-order valence-electron chi connectivity index (χ1n) is 17.3. The molecule has 0 aromatic heterocycles. The minimum Gasteiger partial charge on any atom is -0.507 e. The lowest BCUT2D eigenvalue weighted by Crippen LogP contribution is -2.37. The summed E-state index contributed by atoms with van der Waals surface area (Å²) < 4.78 is 4.01. The Hall–Kier alpha value is -3.37. The fourth-order valence-electron chi connectivity index (χ4n) is 7.53. The lowest BCUT2D eigenvalue weighted by Gasteiger charge is -2.32. The van der Waals surface area contributed by atoms with Gasteiger partial charge in [-0.3, -0.25) is 0 Å². The topological polar surface area (TPSA) is 74.1 Å². The van der Waals surface area contributed by atoms with Crippen molar-refractivity contribution in [2.75, 3.05) is 73.4 Å². The lowest BCUT2D eigenvalue weighted by molar-refractivity contribution is -0.871. The Bertz CT molecular complexity index is 1970. The molecule has 1 aliphatic carbocycles. The maximum absolute atomic E-state index is 11.9. The van der Waals surface area contributed by atoms with E-state index in [1.54, 1.807) is 0 Å². The summed E-state index contributed by atoms with van der Waals surface area (Å²) in [6.45, 7) is 12.2. The number of anilines is 1. The van der Waals surface area contributed by atoms with Gasteiger partial charge in [0, 0.05) is 74.2 Å². The molecule has 2 aromatic rings. The highest BCUT2D eigenvalue weighted by molar-refractivity contribution is 8.93. The molecule has 0 amide bonds. The number of nitriles is 2. The third kappa shape index (κ3) is 7.87. The second-order valence-electron chi connectivity index (χ2n) is 16.8. The normalized spacial score (nSPS) is 19.1. The predicted molar refractivity (Wildman–Crippen MR) is 216 cm³/mol. The molecule has 1 N–H and O–H groups in total. The van der Waals surface area contributed by atoms with Crippen LogP contribution in [0.3, 0.4) is 0 Å². The van der Waals surface area contributed by atoms with Gasteiger partial charge in [0.2, 0.25) is 5.69 Å². The molecule has 0 atom stereocenters. The number of nitrogens with zero attached hydrogens (tertiary/aromatic N) is 6. The van der Waals surface area contributed by atoms with Gasteiger partial charge in [0.25, 0.3) is 0 Å². The number of hydrogen-bond acceptors (Lipinski definition) is 4. The predicted octanol–water partition coefficient (Wildman–Crippen LogP) is 8.92. The van der Waals surface area contributed by atoms with E-state index in [4.69, 9.17) is 23.2 Å². The first kappa shape index (κ1) is 40.4. The van der Waals surface area contributed by atoms with E-state index in [-0.39, 0.29) is 28.3 Å². The van der Waals surface area contributed by atoms with E-state index in [0.717, 1.165) is 81.9 Å². The van der Waals surface area contributed by atoms with Gasteiger partial charge in [0.1, 0.15) is 23.5 Å². The molecular formula is C41H52BrCl2N6O+3. The number of halogens is 3. The van der Waals surface area contributed by atoms with Crippen LogP contribution in [0.2, 0.25) is 10.0 Å². The molecule has 10 heteroatoms. The Morgan fingerprint density at radius 1 is 0.843 bits per heavy atom. The molecule has 7 nitrogen and oxygen atoms in total. The molecule has 2 aromatic carbocycles. The number of benzene rings is 2. The maximum atomic E-state index is 11.9. The summed E-state index contributed by atoms with van der Waals surface area (Å²) in [5.41, 5.74) is 6.91. The molecule has 0 unspecified atom stereocenters. The van der Waals surface area contributed by atoms with Crippen LogP contribution in [-0.2, 0) is 10.8 Å². The number of fused-ring (bicyclic) bond motifs is 2. The van der Waals surface area contributed by atoms with Gasteiger partial charge in [-0.2, -0.15) is 15.1 Å². The zero-order valence-corrected chi connectivity index (χ0v) is 34.9. The van der Waals surface area contributed by atoms with Crippen LogP contribution in [0, 0.1) is 22.7 Å². The van der Waals surface area contributed by atoms with E-state index < -0.39 is 10.8 Å². The quantitative estimate of drug-likeness (QED) is 0.148. The molecule has 0 saturated carbocycles. The van der Waals surface area contributed by atoms with E-state index in [1.165, 1.54) is 0 Å². The average Bonchev–Trinajstić information content (AvgIpc) is 3.34. The first-order chi connectivity index (χ1) is 23.2. The number of rotatable bonds is 10. The summed E-state index contributed by atoms with van der Waals surface area (Å²) in [6, 6.07) is 16.3. The van der Waals surface area contributed by atoms with Crippen molar-refractivity contribution >= 4 is 57.3 Å². The molecule has 5 rings (SSSR count). The Balaban J connectivity index is 0.00000583. The van der Waals surface area contributed by atoms with Crippen LogP contribution in [0.25, 0.3) is 0 Å². The molecule has 2 aliphatic heterocycles. The van der Waals surface area contributed by atoms with Gasteiger partial charge in [0.15, 0.2) is 12.3 Å². The van der Waals surface area contributed by atoms with Crippen molar-refractivity contribution in [1.82, 2.24) is 0 Å². The molecule has 2 heterocycles. The van der Waals surface area contributed by atoms with Crippen molar-refractivity contribution in [3.05, 3.63) is 103 Å². The Labute approximate surface area is 325 Å². The molecule has 0 bridgehead atoms.